The number of carbonyl (C=O) groups excluding carboxylic acids is 4. The number of thiazole rings is 1. The summed E-state index contributed by atoms with van der Waals surface area (Å²) in [6.45, 7) is 0. The van der Waals surface area contributed by atoms with Crippen LogP contribution in [0.3, 0.4) is 0 Å². The van der Waals surface area contributed by atoms with Gasteiger partial charge in [0, 0.05) is 5.56 Å². The number of ketones is 2. The third kappa shape index (κ3) is 4.07. The van der Waals surface area contributed by atoms with Gasteiger partial charge in [0.15, 0.2) is 10.9 Å². The molecule has 4 aromatic rings. The highest BCUT2D eigenvalue weighted by Gasteiger charge is 2.46. The van der Waals surface area contributed by atoms with Crippen molar-refractivity contribution in [2.75, 3.05) is 12.4 Å². The average molecular weight is 503 g/mol. The molecule has 0 bridgehead atoms. The molecule has 2 N–H and O–H groups in total. The van der Waals surface area contributed by atoms with E-state index in [2.05, 4.69) is 10.3 Å². The first kappa shape index (κ1) is 23.2. The molecular formula is C26H18N2O7S. The molecule has 0 radical (unpaired) electrons. The number of para-hydroxylation sites is 1. The molecule has 0 fully saturated rings. The Balaban J connectivity index is 1.50. The van der Waals surface area contributed by atoms with Crippen LogP contribution in [0, 0.1) is 5.92 Å². The van der Waals surface area contributed by atoms with E-state index in [9.17, 15) is 24.3 Å². The van der Waals surface area contributed by atoms with E-state index in [4.69, 9.17) is 9.47 Å². The van der Waals surface area contributed by atoms with Crippen LogP contribution in [0.4, 0.5) is 5.13 Å². The number of rotatable bonds is 7. The van der Waals surface area contributed by atoms with Crippen molar-refractivity contribution in [1.29, 1.82) is 0 Å². The fourth-order valence-electron chi connectivity index (χ4n) is 4.05. The van der Waals surface area contributed by atoms with Gasteiger partial charge in [-0.15, -0.1) is 0 Å². The number of carbonyl (C=O) groups is 4. The van der Waals surface area contributed by atoms with Crippen molar-refractivity contribution in [2.24, 2.45) is 5.92 Å². The number of anilines is 1. The summed E-state index contributed by atoms with van der Waals surface area (Å²) >= 11 is 1.13. The maximum Gasteiger partial charge on any atom is 0.339 e. The van der Waals surface area contributed by atoms with E-state index in [1.54, 1.807) is 36.4 Å². The molecule has 1 aliphatic heterocycles. The Morgan fingerprint density at radius 1 is 1.08 bits per heavy atom. The summed E-state index contributed by atoms with van der Waals surface area (Å²) < 4.78 is 11.3. The number of phenolic OH excluding ortho intramolecular Hbond substituents is 1. The second-order valence-electron chi connectivity index (χ2n) is 7.94. The summed E-state index contributed by atoms with van der Waals surface area (Å²) in [5.74, 6) is -5.27. The Kier molecular flexibility index (Phi) is 5.95. The highest BCUT2D eigenvalue weighted by molar-refractivity contribution is 7.22. The Hall–Kier alpha value is -4.57. The summed E-state index contributed by atoms with van der Waals surface area (Å²) in [6.07, 6.45) is -1.33. The van der Waals surface area contributed by atoms with Crippen molar-refractivity contribution in [3.8, 4) is 11.5 Å². The number of phenols is 1. The molecule has 0 spiro atoms. The first-order valence-electron chi connectivity index (χ1n) is 10.8. The number of methoxy groups -OCH3 is 1. The zero-order valence-corrected chi connectivity index (χ0v) is 19.6. The van der Waals surface area contributed by atoms with Crippen LogP contribution in [0.15, 0.2) is 66.7 Å². The van der Waals surface area contributed by atoms with E-state index in [0.29, 0.717) is 16.8 Å². The quantitative estimate of drug-likeness (QED) is 0.168. The van der Waals surface area contributed by atoms with Gasteiger partial charge >= 0.3 is 5.97 Å². The molecule has 36 heavy (non-hydrogen) atoms. The van der Waals surface area contributed by atoms with Crippen LogP contribution in [-0.4, -0.2) is 40.6 Å². The van der Waals surface area contributed by atoms with Crippen LogP contribution in [-0.2, 0) is 14.3 Å². The Morgan fingerprint density at radius 3 is 2.61 bits per heavy atom. The normalized spacial score (nSPS) is 15.1. The van der Waals surface area contributed by atoms with E-state index in [-0.39, 0.29) is 22.0 Å². The fraction of sp³-hybridized carbons (Fsp3) is 0.115. The molecule has 10 heteroatoms. The molecule has 1 aromatic heterocycles. The number of hydrogen-bond donors (Lipinski definition) is 2. The lowest BCUT2D eigenvalue weighted by molar-refractivity contribution is -0.138. The summed E-state index contributed by atoms with van der Waals surface area (Å²) in [6, 6.07) is 17.1. The van der Waals surface area contributed by atoms with Gasteiger partial charge in [0.25, 0.3) is 5.91 Å². The summed E-state index contributed by atoms with van der Waals surface area (Å²) in [4.78, 5) is 56.7. The minimum Gasteiger partial charge on any atom is -0.507 e. The van der Waals surface area contributed by atoms with Crippen molar-refractivity contribution in [2.45, 2.75) is 6.10 Å². The largest absolute Gasteiger partial charge is 0.507 e. The van der Waals surface area contributed by atoms with Crippen molar-refractivity contribution in [3.63, 3.8) is 0 Å². The molecule has 0 saturated heterocycles. The van der Waals surface area contributed by atoms with Crippen LogP contribution >= 0.6 is 11.3 Å². The number of ether oxygens (including phenoxy) is 2. The lowest BCUT2D eigenvalue weighted by atomic mass is 9.84. The SMILES string of the molecule is COc1ccc2nc(NC(=O)C(=O)[C@@H](C(=O)c3ccccc3O)[C@H]3OC(=O)c4ccccc43)sc2c1. The molecule has 2 heterocycles. The third-order valence-corrected chi connectivity index (χ3v) is 6.73. The average Bonchev–Trinajstić information content (AvgIpc) is 3.44. The molecule has 2 atom stereocenters. The first-order valence-corrected chi connectivity index (χ1v) is 11.6. The molecule has 1 aliphatic rings. The maximum atomic E-state index is 13.5. The minimum absolute atomic E-state index is 0.147. The van der Waals surface area contributed by atoms with Crippen molar-refractivity contribution < 1.29 is 33.8 Å². The lowest BCUT2D eigenvalue weighted by Crippen LogP contribution is -2.38. The summed E-state index contributed by atoms with van der Waals surface area (Å²) in [5.41, 5.74) is 0.926. The van der Waals surface area contributed by atoms with Gasteiger partial charge in [0.05, 0.1) is 28.5 Å². The first-order chi connectivity index (χ1) is 17.4. The second-order valence-corrected chi connectivity index (χ2v) is 8.97. The van der Waals surface area contributed by atoms with Crippen LogP contribution in [0.1, 0.15) is 32.4 Å². The zero-order chi connectivity index (χ0) is 25.4. The third-order valence-electron chi connectivity index (χ3n) is 5.80. The van der Waals surface area contributed by atoms with E-state index in [0.717, 1.165) is 16.0 Å². The molecule has 180 valence electrons. The topological polar surface area (TPSA) is 132 Å². The number of nitrogens with one attached hydrogen (secondary N) is 1. The summed E-state index contributed by atoms with van der Waals surface area (Å²) in [7, 11) is 1.53. The van der Waals surface area contributed by atoms with Gasteiger partial charge in [-0.3, -0.25) is 19.7 Å². The Bertz CT molecular complexity index is 1540. The number of aromatic nitrogens is 1. The fourth-order valence-corrected chi connectivity index (χ4v) is 4.94. The zero-order valence-electron chi connectivity index (χ0n) is 18.8. The Morgan fingerprint density at radius 2 is 1.83 bits per heavy atom. The number of hydrogen-bond acceptors (Lipinski definition) is 9. The number of amides is 1. The predicted octanol–water partition coefficient (Wildman–Crippen LogP) is 3.93. The number of benzene rings is 3. The number of Topliss-reactive ketones (excluding diaryl/α,β-unsaturated/α-hetero) is 2. The highest BCUT2D eigenvalue weighted by atomic mass is 32.1. The Labute approximate surface area is 208 Å². The molecule has 3 aromatic carbocycles. The number of nitrogens with zero attached hydrogens (tertiary/aromatic N) is 1. The van der Waals surface area contributed by atoms with E-state index < -0.39 is 35.5 Å². The van der Waals surface area contributed by atoms with Gasteiger partial charge in [-0.25, -0.2) is 9.78 Å². The van der Waals surface area contributed by atoms with Crippen molar-refractivity contribution >= 4 is 50.1 Å². The molecule has 0 saturated carbocycles. The smallest absolute Gasteiger partial charge is 0.339 e. The van der Waals surface area contributed by atoms with Gasteiger partial charge in [-0.05, 0) is 36.4 Å². The summed E-state index contributed by atoms with van der Waals surface area (Å²) in [5, 5.41) is 12.8. The molecule has 5 rings (SSSR count). The standard InChI is InChI=1S/C26H18N2O7S/c1-34-13-10-11-17-19(12-13)36-26(27-17)28-24(32)22(31)20(21(30)16-8-4-5-9-18(16)29)23-14-6-2-3-7-15(14)25(33)35-23/h2-12,20,23,29H,1H3,(H,27,28,32)/t20-,23+/m1/s1. The molecule has 0 aliphatic carbocycles. The van der Waals surface area contributed by atoms with Crippen LogP contribution in [0.2, 0.25) is 0 Å². The molecule has 9 nitrogen and oxygen atoms in total. The van der Waals surface area contributed by atoms with Gasteiger partial charge in [-0.2, -0.15) is 0 Å². The van der Waals surface area contributed by atoms with Crippen LogP contribution in [0.25, 0.3) is 10.2 Å². The van der Waals surface area contributed by atoms with E-state index in [1.807, 2.05) is 0 Å². The second kappa shape index (κ2) is 9.23. The number of fused-ring (bicyclic) bond motifs is 2. The predicted molar refractivity (Wildman–Crippen MR) is 130 cm³/mol. The molecule has 0 unspecified atom stereocenters. The number of aromatic hydroxyl groups is 1. The van der Waals surface area contributed by atoms with Crippen molar-refractivity contribution in [1.82, 2.24) is 4.98 Å². The maximum absolute atomic E-state index is 13.5. The lowest BCUT2D eigenvalue weighted by Gasteiger charge is -2.21. The van der Waals surface area contributed by atoms with Gasteiger partial charge in [0.1, 0.15) is 23.5 Å². The monoisotopic (exact) mass is 502 g/mol. The number of cyclic esters (lactones) is 1. The molecule has 1 amide bonds. The highest BCUT2D eigenvalue weighted by Crippen LogP contribution is 2.39. The minimum atomic E-state index is -1.72. The van der Waals surface area contributed by atoms with E-state index >= 15 is 0 Å². The van der Waals surface area contributed by atoms with Gasteiger partial charge in [0.2, 0.25) is 5.78 Å². The number of esters is 1. The van der Waals surface area contributed by atoms with Crippen LogP contribution < -0.4 is 10.1 Å². The van der Waals surface area contributed by atoms with Crippen LogP contribution in [0.5, 0.6) is 11.5 Å². The van der Waals surface area contributed by atoms with Crippen molar-refractivity contribution in [3.05, 3.63) is 83.4 Å². The van der Waals surface area contributed by atoms with E-state index in [1.165, 1.54) is 37.4 Å². The van der Waals surface area contributed by atoms with Gasteiger partial charge in [-0.1, -0.05) is 41.7 Å². The molecular weight excluding hydrogens is 484 g/mol. The van der Waals surface area contributed by atoms with Gasteiger partial charge < -0.3 is 14.6 Å².